The molecule has 1 amide bonds. The molecule has 4 heteroatoms. The number of rotatable bonds is 3. The summed E-state index contributed by atoms with van der Waals surface area (Å²) in [6.07, 6.45) is 4.57. The lowest BCUT2D eigenvalue weighted by Gasteiger charge is -2.29. The predicted molar refractivity (Wildman–Crippen MR) is 84.8 cm³/mol. The largest absolute Gasteiger partial charge is 0.496 e. The molecule has 0 bridgehead atoms. The number of hydrogen-bond donors (Lipinski definition) is 0. The number of likely N-dealkylation sites (tertiary alicyclic amines) is 1. The molecule has 3 nitrogen and oxygen atoms in total. The molecular weight excluding hydrogens is 318 g/mol. The number of methoxy groups -OCH3 is 1. The van der Waals surface area contributed by atoms with Crippen molar-refractivity contribution >= 4 is 21.8 Å². The minimum Gasteiger partial charge on any atom is -0.496 e. The van der Waals surface area contributed by atoms with Crippen LogP contribution < -0.4 is 4.74 Å². The van der Waals surface area contributed by atoms with E-state index < -0.39 is 0 Å². The first-order valence-electron chi connectivity index (χ1n) is 7.19. The molecule has 110 valence electrons. The number of carbonyl (C=O) groups is 1. The first-order chi connectivity index (χ1) is 9.67. The fourth-order valence-electron chi connectivity index (χ4n) is 2.75. The maximum Gasteiger partial charge on any atom is 0.257 e. The van der Waals surface area contributed by atoms with E-state index in [4.69, 9.17) is 4.74 Å². The zero-order valence-corrected chi connectivity index (χ0v) is 13.8. The Morgan fingerprint density at radius 3 is 2.90 bits per heavy atom. The number of halogens is 1. The van der Waals surface area contributed by atoms with Gasteiger partial charge in [-0.05, 0) is 31.9 Å². The molecule has 1 aliphatic heterocycles. The summed E-state index contributed by atoms with van der Waals surface area (Å²) in [5, 5.41) is 0.840. The summed E-state index contributed by atoms with van der Waals surface area (Å²) in [5.74, 6) is 0.759. The van der Waals surface area contributed by atoms with Crippen LogP contribution in [0.1, 0.15) is 41.6 Å². The zero-order chi connectivity index (χ0) is 14.5. The van der Waals surface area contributed by atoms with Crippen LogP contribution in [0.15, 0.2) is 18.2 Å². The van der Waals surface area contributed by atoms with E-state index in [0.717, 1.165) is 30.3 Å². The topological polar surface area (TPSA) is 29.5 Å². The summed E-state index contributed by atoms with van der Waals surface area (Å²) in [7, 11) is 1.62. The molecule has 0 spiro atoms. The van der Waals surface area contributed by atoms with Crippen molar-refractivity contribution in [3.05, 3.63) is 29.3 Å². The lowest BCUT2D eigenvalue weighted by atomic mass is 10.1. The lowest BCUT2D eigenvalue weighted by molar-refractivity contribution is 0.0699. The Hall–Kier alpha value is -1.03. The van der Waals surface area contributed by atoms with Crippen LogP contribution in [0.25, 0.3) is 0 Å². The van der Waals surface area contributed by atoms with Crippen LogP contribution in [0.3, 0.4) is 0 Å². The Morgan fingerprint density at radius 2 is 2.20 bits per heavy atom. The van der Waals surface area contributed by atoms with Gasteiger partial charge in [-0.15, -0.1) is 0 Å². The van der Waals surface area contributed by atoms with Crippen LogP contribution in [-0.4, -0.2) is 35.8 Å². The minimum absolute atomic E-state index is 0.0944. The number of ether oxygens (including phenoxy) is 1. The highest BCUT2D eigenvalue weighted by atomic mass is 79.9. The van der Waals surface area contributed by atoms with Crippen LogP contribution in [0, 0.1) is 6.92 Å². The maximum atomic E-state index is 12.9. The molecule has 0 saturated carbocycles. The van der Waals surface area contributed by atoms with Gasteiger partial charge in [0.1, 0.15) is 5.75 Å². The highest BCUT2D eigenvalue weighted by Crippen LogP contribution is 2.26. The maximum absolute atomic E-state index is 12.9. The molecular formula is C16H22BrNO2. The van der Waals surface area contributed by atoms with Gasteiger partial charge >= 0.3 is 0 Å². The SMILES string of the molecule is COc1ccc(C)cc1C(=O)N1CCCCCC1CBr. The van der Waals surface area contributed by atoms with E-state index in [0.29, 0.717) is 11.3 Å². The van der Waals surface area contributed by atoms with Crippen molar-refractivity contribution in [2.24, 2.45) is 0 Å². The van der Waals surface area contributed by atoms with Gasteiger partial charge in [-0.2, -0.15) is 0 Å². The summed E-state index contributed by atoms with van der Waals surface area (Å²) >= 11 is 3.55. The Balaban J connectivity index is 2.30. The molecule has 2 rings (SSSR count). The smallest absolute Gasteiger partial charge is 0.257 e. The lowest BCUT2D eigenvalue weighted by Crippen LogP contribution is -2.41. The standard InChI is InChI=1S/C16H22BrNO2/c1-12-7-8-15(20-2)14(10-12)16(19)18-9-5-3-4-6-13(18)11-17/h7-8,10,13H,3-6,9,11H2,1-2H3. The van der Waals surface area contributed by atoms with Gasteiger partial charge in [0.15, 0.2) is 0 Å². The molecule has 0 radical (unpaired) electrons. The van der Waals surface area contributed by atoms with Gasteiger partial charge in [0.25, 0.3) is 5.91 Å². The average Bonchev–Trinajstić information content (AvgIpc) is 2.71. The van der Waals surface area contributed by atoms with Crippen molar-refractivity contribution < 1.29 is 9.53 Å². The molecule has 1 aliphatic rings. The molecule has 0 aliphatic carbocycles. The molecule has 1 unspecified atom stereocenters. The molecule has 1 aromatic rings. The third kappa shape index (κ3) is 3.35. The quantitative estimate of drug-likeness (QED) is 0.784. The Labute approximate surface area is 129 Å². The van der Waals surface area contributed by atoms with E-state index in [9.17, 15) is 4.79 Å². The minimum atomic E-state index is 0.0944. The summed E-state index contributed by atoms with van der Waals surface area (Å²) in [5.41, 5.74) is 1.76. The van der Waals surface area contributed by atoms with Crippen LogP contribution in [-0.2, 0) is 0 Å². The summed E-state index contributed by atoms with van der Waals surface area (Å²) in [4.78, 5) is 14.9. The van der Waals surface area contributed by atoms with Crippen molar-refractivity contribution in [1.82, 2.24) is 4.90 Å². The monoisotopic (exact) mass is 339 g/mol. The van der Waals surface area contributed by atoms with E-state index in [1.54, 1.807) is 7.11 Å². The van der Waals surface area contributed by atoms with Gasteiger partial charge in [0.05, 0.1) is 12.7 Å². The zero-order valence-electron chi connectivity index (χ0n) is 12.2. The second-order valence-electron chi connectivity index (χ2n) is 5.36. The summed E-state index contributed by atoms with van der Waals surface area (Å²) in [6, 6.07) is 6.07. The normalized spacial score (nSPS) is 19.6. The fourth-order valence-corrected chi connectivity index (χ4v) is 3.42. The van der Waals surface area contributed by atoms with Crippen LogP contribution >= 0.6 is 15.9 Å². The number of benzene rings is 1. The van der Waals surface area contributed by atoms with Gasteiger partial charge in [-0.3, -0.25) is 4.79 Å². The Kier molecular flexibility index (Phi) is 5.46. The summed E-state index contributed by atoms with van der Waals surface area (Å²) in [6.45, 7) is 2.84. The highest BCUT2D eigenvalue weighted by molar-refractivity contribution is 9.09. The number of carbonyl (C=O) groups excluding carboxylic acids is 1. The number of nitrogens with zero attached hydrogens (tertiary/aromatic N) is 1. The predicted octanol–water partition coefficient (Wildman–Crippen LogP) is 3.78. The van der Waals surface area contributed by atoms with Gasteiger partial charge in [0, 0.05) is 17.9 Å². The van der Waals surface area contributed by atoms with Crippen molar-refractivity contribution in [2.75, 3.05) is 19.0 Å². The van der Waals surface area contributed by atoms with E-state index in [1.807, 2.05) is 30.0 Å². The molecule has 1 fully saturated rings. The third-order valence-corrected chi connectivity index (χ3v) is 4.65. The van der Waals surface area contributed by atoms with Gasteiger partial charge in [-0.25, -0.2) is 0 Å². The first kappa shape index (κ1) is 15.4. The number of alkyl halides is 1. The van der Waals surface area contributed by atoms with Gasteiger partial charge < -0.3 is 9.64 Å². The molecule has 1 atom stereocenters. The summed E-state index contributed by atoms with van der Waals surface area (Å²) < 4.78 is 5.35. The molecule has 0 N–H and O–H groups in total. The van der Waals surface area contributed by atoms with Crippen LogP contribution in [0.5, 0.6) is 5.75 Å². The number of aryl methyl sites for hydroxylation is 1. The van der Waals surface area contributed by atoms with E-state index in [1.165, 1.54) is 12.8 Å². The van der Waals surface area contributed by atoms with Gasteiger partial charge in [-0.1, -0.05) is 40.4 Å². The molecule has 1 aromatic carbocycles. The Bertz CT molecular complexity index is 476. The first-order valence-corrected chi connectivity index (χ1v) is 8.31. The number of amides is 1. The van der Waals surface area contributed by atoms with Crippen molar-refractivity contribution in [3.63, 3.8) is 0 Å². The molecule has 20 heavy (non-hydrogen) atoms. The number of hydrogen-bond acceptors (Lipinski definition) is 2. The van der Waals surface area contributed by atoms with E-state index in [2.05, 4.69) is 15.9 Å². The Morgan fingerprint density at radius 1 is 1.40 bits per heavy atom. The van der Waals surface area contributed by atoms with E-state index >= 15 is 0 Å². The van der Waals surface area contributed by atoms with Crippen molar-refractivity contribution in [2.45, 2.75) is 38.6 Å². The average molecular weight is 340 g/mol. The fraction of sp³-hybridized carbons (Fsp3) is 0.562. The van der Waals surface area contributed by atoms with Crippen LogP contribution in [0.4, 0.5) is 0 Å². The third-order valence-electron chi connectivity index (χ3n) is 3.90. The van der Waals surface area contributed by atoms with Gasteiger partial charge in [0.2, 0.25) is 0 Å². The highest BCUT2D eigenvalue weighted by Gasteiger charge is 2.27. The van der Waals surface area contributed by atoms with Crippen LogP contribution in [0.2, 0.25) is 0 Å². The van der Waals surface area contributed by atoms with Crippen molar-refractivity contribution in [1.29, 1.82) is 0 Å². The molecule has 1 saturated heterocycles. The second-order valence-corrected chi connectivity index (χ2v) is 6.01. The second kappa shape index (κ2) is 7.11. The van der Waals surface area contributed by atoms with Crippen molar-refractivity contribution in [3.8, 4) is 5.75 Å². The molecule has 1 heterocycles. The molecule has 0 aromatic heterocycles. The van der Waals surface area contributed by atoms with E-state index in [-0.39, 0.29) is 11.9 Å².